The van der Waals surface area contributed by atoms with E-state index in [9.17, 15) is 9.18 Å². The third-order valence-corrected chi connectivity index (χ3v) is 3.27. The fraction of sp³-hybridized carbons (Fsp3) is 0.462. The molecule has 1 aromatic carbocycles. The maximum absolute atomic E-state index is 12.8. The van der Waals surface area contributed by atoms with Gasteiger partial charge in [-0.2, -0.15) is 0 Å². The number of benzene rings is 1. The number of hydrogen-bond acceptors (Lipinski definition) is 2. The molecule has 1 aromatic rings. The van der Waals surface area contributed by atoms with Crippen molar-refractivity contribution in [3.63, 3.8) is 0 Å². The van der Waals surface area contributed by atoms with Crippen LogP contribution in [-0.2, 0) is 4.79 Å². The van der Waals surface area contributed by atoms with E-state index in [-0.39, 0.29) is 23.6 Å². The van der Waals surface area contributed by atoms with Gasteiger partial charge in [0.15, 0.2) is 6.61 Å². The zero-order valence-corrected chi connectivity index (χ0v) is 10.8. The Labute approximate surface area is 110 Å². The van der Waals surface area contributed by atoms with Gasteiger partial charge in [0, 0.05) is 6.04 Å². The quantitative estimate of drug-likeness (QED) is 0.894. The SMILES string of the molecule is C[C@@H](NC(=O)COc1ccc(F)cc1Cl)C1CC1. The maximum Gasteiger partial charge on any atom is 0.258 e. The lowest BCUT2D eigenvalue weighted by Gasteiger charge is -2.13. The van der Waals surface area contributed by atoms with Crippen LogP contribution in [0.4, 0.5) is 4.39 Å². The van der Waals surface area contributed by atoms with Crippen molar-refractivity contribution in [3.05, 3.63) is 29.0 Å². The van der Waals surface area contributed by atoms with Gasteiger partial charge in [0.05, 0.1) is 5.02 Å². The number of nitrogens with one attached hydrogen (secondary N) is 1. The highest BCUT2D eigenvalue weighted by molar-refractivity contribution is 6.32. The minimum Gasteiger partial charge on any atom is -0.482 e. The molecule has 1 aliphatic rings. The van der Waals surface area contributed by atoms with Gasteiger partial charge in [0.2, 0.25) is 0 Å². The van der Waals surface area contributed by atoms with E-state index in [0.717, 1.165) is 6.07 Å². The van der Waals surface area contributed by atoms with E-state index in [0.29, 0.717) is 11.7 Å². The first-order valence-electron chi connectivity index (χ1n) is 5.93. The lowest BCUT2D eigenvalue weighted by Crippen LogP contribution is -2.37. The summed E-state index contributed by atoms with van der Waals surface area (Å²) >= 11 is 5.78. The fourth-order valence-corrected chi connectivity index (χ4v) is 1.97. The van der Waals surface area contributed by atoms with Crippen molar-refractivity contribution < 1.29 is 13.9 Å². The van der Waals surface area contributed by atoms with E-state index >= 15 is 0 Å². The molecule has 2 rings (SSSR count). The molecule has 1 amide bonds. The first-order chi connectivity index (χ1) is 8.56. The minimum absolute atomic E-state index is 0.109. The molecule has 0 aromatic heterocycles. The van der Waals surface area contributed by atoms with Crippen molar-refractivity contribution in [3.8, 4) is 5.75 Å². The Balaban J connectivity index is 1.81. The van der Waals surface area contributed by atoms with Gasteiger partial charge < -0.3 is 10.1 Å². The van der Waals surface area contributed by atoms with E-state index in [1.54, 1.807) is 0 Å². The van der Waals surface area contributed by atoms with E-state index in [1.165, 1.54) is 25.0 Å². The van der Waals surface area contributed by atoms with Crippen LogP contribution in [0.5, 0.6) is 5.75 Å². The lowest BCUT2D eigenvalue weighted by molar-refractivity contribution is -0.123. The van der Waals surface area contributed by atoms with Gasteiger partial charge in [-0.3, -0.25) is 4.79 Å². The molecule has 1 saturated carbocycles. The molecular formula is C13H15ClFNO2. The second-order valence-corrected chi connectivity index (χ2v) is 4.96. The molecule has 1 aliphatic carbocycles. The topological polar surface area (TPSA) is 38.3 Å². The third kappa shape index (κ3) is 3.60. The van der Waals surface area contributed by atoms with Gasteiger partial charge in [-0.15, -0.1) is 0 Å². The summed E-state index contributed by atoms with van der Waals surface area (Å²) in [5.41, 5.74) is 0. The molecule has 3 nitrogen and oxygen atoms in total. The van der Waals surface area contributed by atoms with Crippen LogP contribution in [0.2, 0.25) is 5.02 Å². The van der Waals surface area contributed by atoms with Gasteiger partial charge in [-0.25, -0.2) is 4.39 Å². The van der Waals surface area contributed by atoms with Crippen LogP contribution >= 0.6 is 11.6 Å². The molecule has 98 valence electrons. The van der Waals surface area contributed by atoms with Gasteiger partial charge >= 0.3 is 0 Å². The van der Waals surface area contributed by atoms with Crippen molar-refractivity contribution >= 4 is 17.5 Å². The molecular weight excluding hydrogens is 257 g/mol. The number of hydrogen-bond donors (Lipinski definition) is 1. The van der Waals surface area contributed by atoms with Crippen LogP contribution in [0, 0.1) is 11.7 Å². The van der Waals surface area contributed by atoms with Crippen molar-refractivity contribution in [1.82, 2.24) is 5.32 Å². The van der Waals surface area contributed by atoms with Crippen LogP contribution in [0.25, 0.3) is 0 Å². The first-order valence-corrected chi connectivity index (χ1v) is 6.31. The number of carbonyl (C=O) groups is 1. The molecule has 18 heavy (non-hydrogen) atoms. The lowest BCUT2D eigenvalue weighted by atomic mass is 10.2. The molecule has 0 bridgehead atoms. The van der Waals surface area contributed by atoms with Gasteiger partial charge in [-0.1, -0.05) is 11.6 Å². The van der Waals surface area contributed by atoms with Crippen LogP contribution in [0.1, 0.15) is 19.8 Å². The molecule has 0 aliphatic heterocycles. The molecule has 0 heterocycles. The number of ether oxygens (including phenoxy) is 1. The third-order valence-electron chi connectivity index (χ3n) is 2.97. The highest BCUT2D eigenvalue weighted by atomic mass is 35.5. The Morgan fingerprint density at radius 2 is 2.33 bits per heavy atom. The molecule has 0 spiro atoms. The van der Waals surface area contributed by atoms with Crippen LogP contribution < -0.4 is 10.1 Å². The number of carbonyl (C=O) groups excluding carboxylic acids is 1. The predicted molar refractivity (Wildman–Crippen MR) is 67.2 cm³/mol. The van der Waals surface area contributed by atoms with Gasteiger partial charge in [-0.05, 0) is 43.9 Å². The molecule has 5 heteroatoms. The second-order valence-electron chi connectivity index (χ2n) is 4.56. The standard InChI is InChI=1S/C13H15ClFNO2/c1-8(9-2-3-9)16-13(17)7-18-12-5-4-10(15)6-11(12)14/h4-6,8-9H,2-3,7H2,1H3,(H,16,17)/t8-/m1/s1. The average Bonchev–Trinajstić information content (AvgIpc) is 3.11. The van der Waals surface area contributed by atoms with Crippen LogP contribution in [-0.4, -0.2) is 18.6 Å². The Morgan fingerprint density at radius 3 is 2.94 bits per heavy atom. The normalized spacial score (nSPS) is 16.2. The Hall–Kier alpha value is -1.29. The fourth-order valence-electron chi connectivity index (χ4n) is 1.75. The summed E-state index contributed by atoms with van der Waals surface area (Å²) in [5, 5.41) is 3.03. The molecule has 1 fully saturated rings. The van der Waals surface area contributed by atoms with Crippen molar-refractivity contribution in [2.24, 2.45) is 5.92 Å². The van der Waals surface area contributed by atoms with Crippen LogP contribution in [0.15, 0.2) is 18.2 Å². The maximum atomic E-state index is 12.8. The number of halogens is 2. The summed E-state index contributed by atoms with van der Waals surface area (Å²) in [6.45, 7) is 1.88. The summed E-state index contributed by atoms with van der Waals surface area (Å²) in [6, 6.07) is 3.99. The van der Waals surface area contributed by atoms with Crippen molar-refractivity contribution in [2.75, 3.05) is 6.61 Å². The highest BCUT2D eigenvalue weighted by Crippen LogP contribution is 2.32. The summed E-state index contributed by atoms with van der Waals surface area (Å²) in [6.07, 6.45) is 2.35. The molecule has 1 atom stereocenters. The van der Waals surface area contributed by atoms with E-state index in [1.807, 2.05) is 6.92 Å². The predicted octanol–water partition coefficient (Wildman–Crippen LogP) is 2.77. The smallest absolute Gasteiger partial charge is 0.258 e. The number of rotatable bonds is 5. The minimum atomic E-state index is -0.431. The molecule has 1 N–H and O–H groups in total. The largest absolute Gasteiger partial charge is 0.482 e. The second kappa shape index (κ2) is 5.57. The Morgan fingerprint density at radius 1 is 1.61 bits per heavy atom. The average molecular weight is 272 g/mol. The first kappa shape index (κ1) is 13.1. The highest BCUT2D eigenvalue weighted by Gasteiger charge is 2.28. The summed E-state index contributed by atoms with van der Waals surface area (Å²) < 4.78 is 18.0. The zero-order chi connectivity index (χ0) is 13.1. The molecule has 0 saturated heterocycles. The van der Waals surface area contributed by atoms with Crippen molar-refractivity contribution in [2.45, 2.75) is 25.8 Å². The summed E-state index contributed by atoms with van der Waals surface area (Å²) in [4.78, 5) is 11.6. The monoisotopic (exact) mass is 271 g/mol. The van der Waals surface area contributed by atoms with Gasteiger partial charge in [0.1, 0.15) is 11.6 Å². The molecule has 0 radical (unpaired) electrons. The Kier molecular flexibility index (Phi) is 4.07. The Bertz CT molecular complexity index is 449. The summed E-state index contributed by atoms with van der Waals surface area (Å²) in [5.74, 6) is 0.296. The molecule has 0 unspecified atom stereocenters. The van der Waals surface area contributed by atoms with E-state index in [2.05, 4.69) is 5.32 Å². The van der Waals surface area contributed by atoms with E-state index in [4.69, 9.17) is 16.3 Å². The summed E-state index contributed by atoms with van der Waals surface area (Å²) in [7, 11) is 0. The van der Waals surface area contributed by atoms with Gasteiger partial charge in [0.25, 0.3) is 5.91 Å². The zero-order valence-electron chi connectivity index (χ0n) is 10.1. The van der Waals surface area contributed by atoms with Crippen molar-refractivity contribution in [1.29, 1.82) is 0 Å². The number of amides is 1. The van der Waals surface area contributed by atoms with E-state index < -0.39 is 5.82 Å². The van der Waals surface area contributed by atoms with Crippen LogP contribution in [0.3, 0.4) is 0 Å².